The van der Waals surface area contributed by atoms with Gasteiger partial charge in [-0.3, -0.25) is 19.2 Å². The first-order chi connectivity index (χ1) is 31.8. The molecule has 8 N–H and O–H groups in total. The van der Waals surface area contributed by atoms with E-state index in [0.29, 0.717) is 55.5 Å². The number of nitrogens with two attached hydrogens (primary N) is 1. The highest BCUT2D eigenvalue weighted by molar-refractivity contribution is 6.01. The molecule has 0 radical (unpaired) electrons. The first kappa shape index (κ1) is 51.2. The molecule has 4 aliphatic carbocycles. The number of hydrogen-bond acceptors (Lipinski definition) is 13. The van der Waals surface area contributed by atoms with Crippen LogP contribution in [-0.4, -0.2) is 114 Å². The van der Waals surface area contributed by atoms with Crippen molar-refractivity contribution in [1.29, 1.82) is 0 Å². The second-order valence-corrected chi connectivity index (χ2v) is 19.4. The van der Waals surface area contributed by atoms with Crippen LogP contribution in [0.2, 0.25) is 0 Å². The topological polar surface area (TPSA) is 271 Å². The van der Waals surface area contributed by atoms with Crippen molar-refractivity contribution in [2.24, 2.45) is 40.2 Å². The number of amides is 5. The SMILES string of the molecule is CCCC1O[C@@H]2CC3C4C[C@H](F)C5=CC(=O)C=C[C@]5(C)C4[C@@H](O)C[C@]3(C)[C@]2(C(=O)COC(=O)[C@H](CC(C)C)NC(=O)[C@H](CO)NC(=O)OCc2ccc(NC(=O)CCCCNC(N)=O)cc2)O1. The molecule has 6 rings (SSSR count). The summed E-state index contributed by atoms with van der Waals surface area (Å²) in [6.07, 6.45) is 2.55. The monoisotopic (exact) mass is 939 g/mol. The molecule has 4 unspecified atom stereocenters. The van der Waals surface area contributed by atoms with Crippen LogP contribution in [0.4, 0.5) is 19.7 Å². The number of primary amides is 1. The van der Waals surface area contributed by atoms with Gasteiger partial charge in [0.15, 0.2) is 24.3 Å². The third-order valence-corrected chi connectivity index (χ3v) is 14.4. The first-order valence-electron chi connectivity index (χ1n) is 23.3. The van der Waals surface area contributed by atoms with Gasteiger partial charge in [-0.05, 0) is 98.1 Å². The lowest BCUT2D eigenvalue weighted by molar-refractivity contribution is -0.203. The number of ether oxygens (including phenoxy) is 4. The van der Waals surface area contributed by atoms with E-state index in [1.165, 1.54) is 12.2 Å². The van der Waals surface area contributed by atoms with Crippen molar-refractivity contribution < 1.29 is 67.1 Å². The predicted molar refractivity (Wildman–Crippen MR) is 239 cm³/mol. The van der Waals surface area contributed by atoms with Crippen LogP contribution < -0.4 is 27.0 Å². The second kappa shape index (κ2) is 21.4. The van der Waals surface area contributed by atoms with Gasteiger partial charge < -0.3 is 56.2 Å². The highest BCUT2D eigenvalue weighted by Gasteiger charge is 2.76. The van der Waals surface area contributed by atoms with Crippen molar-refractivity contribution in [2.75, 3.05) is 25.1 Å². The molecule has 4 fully saturated rings. The molecule has 12 atom stereocenters. The predicted octanol–water partition coefficient (Wildman–Crippen LogP) is 3.81. The van der Waals surface area contributed by atoms with Gasteiger partial charge in [0.2, 0.25) is 17.6 Å². The number of unbranched alkanes of at least 4 members (excludes halogenated alkanes) is 1. The lowest BCUT2D eigenvalue weighted by atomic mass is 9.46. The number of rotatable bonds is 20. The fourth-order valence-corrected chi connectivity index (χ4v) is 11.4. The molecule has 1 aliphatic heterocycles. The average Bonchev–Trinajstić information content (AvgIpc) is 3.75. The Bertz CT molecular complexity index is 2100. The van der Waals surface area contributed by atoms with E-state index >= 15 is 4.39 Å². The lowest BCUT2D eigenvalue weighted by Gasteiger charge is -2.60. The van der Waals surface area contributed by atoms with E-state index in [-0.39, 0.29) is 55.8 Å². The summed E-state index contributed by atoms with van der Waals surface area (Å²) in [6.45, 7) is 7.83. The average molecular weight is 940 g/mol. The van der Waals surface area contributed by atoms with Crippen LogP contribution in [-0.2, 0) is 49.5 Å². The highest BCUT2D eigenvalue weighted by atomic mass is 19.1. The molecule has 19 heteroatoms. The fourth-order valence-electron chi connectivity index (χ4n) is 11.4. The molecular formula is C48H66FN5O13. The number of benzene rings is 1. The summed E-state index contributed by atoms with van der Waals surface area (Å²) in [5.41, 5.74) is 2.81. The number of fused-ring (bicyclic) bond motifs is 7. The largest absolute Gasteiger partial charge is 0.456 e. The van der Waals surface area contributed by atoms with Gasteiger partial charge in [0.05, 0.1) is 18.8 Å². The number of allylic oxidation sites excluding steroid dienone is 4. The molecule has 0 bridgehead atoms. The zero-order valence-corrected chi connectivity index (χ0v) is 38.8. The van der Waals surface area contributed by atoms with Crippen molar-refractivity contribution in [2.45, 2.75) is 141 Å². The molecule has 1 aromatic rings. The molecule has 368 valence electrons. The van der Waals surface area contributed by atoms with E-state index in [9.17, 15) is 43.8 Å². The van der Waals surface area contributed by atoms with Gasteiger partial charge >= 0.3 is 18.1 Å². The Morgan fingerprint density at radius 3 is 2.42 bits per heavy atom. The molecular weight excluding hydrogens is 874 g/mol. The van der Waals surface area contributed by atoms with E-state index in [0.717, 1.165) is 0 Å². The summed E-state index contributed by atoms with van der Waals surface area (Å²) >= 11 is 0. The van der Waals surface area contributed by atoms with Crippen LogP contribution in [0.15, 0.2) is 48.1 Å². The molecule has 67 heavy (non-hydrogen) atoms. The van der Waals surface area contributed by atoms with Crippen molar-refractivity contribution in [1.82, 2.24) is 16.0 Å². The van der Waals surface area contributed by atoms with Gasteiger partial charge in [0.1, 0.15) is 24.9 Å². The Hall–Kier alpha value is -5.24. The standard InChI is InChI=1S/C48H66FN5O13/c1-6-9-40-66-38-21-31-30-20-33(49)32-19-29(56)15-16-46(32,4)41(30)36(57)22-47(31,5)48(38,67-40)37(58)25-64-43(61)34(18-26(2)3)53-42(60)35(23-55)54-45(63)65-24-27-11-13-28(14-12-27)52-39(59)10-7-8-17-51-44(50)62/h11-16,19,26,30-31,33-36,38,40-41,55,57H,6-10,17-18,20-25H2,1-5H3,(H,52,59)(H,53,60)(H,54,63)(H3,50,51,62)/t30?,31?,33-,34-,35-,36-,38+,40?,41?,46-,47-,48+/m0/s1. The number of esters is 1. The Balaban J connectivity index is 1.06. The number of alkyl halides is 1. The third-order valence-electron chi connectivity index (χ3n) is 14.4. The number of anilines is 1. The minimum Gasteiger partial charge on any atom is -0.456 e. The van der Waals surface area contributed by atoms with Crippen LogP contribution in [0.5, 0.6) is 0 Å². The Kier molecular flexibility index (Phi) is 16.3. The number of carbonyl (C=O) groups is 7. The third kappa shape index (κ3) is 10.9. The molecule has 1 aromatic carbocycles. The number of halogens is 1. The van der Waals surface area contributed by atoms with Crippen LogP contribution in [0.1, 0.15) is 98.0 Å². The smallest absolute Gasteiger partial charge is 0.408 e. The maximum Gasteiger partial charge on any atom is 0.408 e. The molecule has 18 nitrogen and oxygen atoms in total. The summed E-state index contributed by atoms with van der Waals surface area (Å²) in [6, 6.07) is 3.04. The van der Waals surface area contributed by atoms with Gasteiger partial charge in [0.25, 0.3) is 0 Å². The zero-order chi connectivity index (χ0) is 48.8. The molecule has 0 aromatic heterocycles. The molecule has 1 saturated heterocycles. The van der Waals surface area contributed by atoms with Crippen LogP contribution >= 0.6 is 0 Å². The van der Waals surface area contributed by atoms with Crippen LogP contribution in [0, 0.1) is 34.5 Å². The van der Waals surface area contributed by atoms with Crippen LogP contribution in [0.3, 0.4) is 0 Å². The number of ketones is 2. The molecule has 3 saturated carbocycles. The maximum absolute atomic E-state index is 16.1. The summed E-state index contributed by atoms with van der Waals surface area (Å²) in [5, 5.41) is 32.2. The number of aliphatic hydroxyl groups is 2. The number of alkyl carbamates (subject to hydrolysis) is 1. The van der Waals surface area contributed by atoms with Gasteiger partial charge in [-0.2, -0.15) is 0 Å². The number of carbonyl (C=O) groups excluding carboxylic acids is 7. The fraction of sp³-hybridized carbons (Fsp3) is 0.646. The summed E-state index contributed by atoms with van der Waals surface area (Å²) in [7, 11) is 0. The van der Waals surface area contributed by atoms with Crippen molar-refractivity contribution in [3.05, 3.63) is 53.6 Å². The second-order valence-electron chi connectivity index (χ2n) is 19.4. The number of hydrogen-bond donors (Lipinski definition) is 7. The van der Waals surface area contributed by atoms with Gasteiger partial charge in [0, 0.05) is 35.4 Å². The maximum atomic E-state index is 16.1. The van der Waals surface area contributed by atoms with E-state index in [4.69, 9.17) is 24.7 Å². The Labute approximate surface area is 389 Å². The quantitative estimate of drug-likeness (QED) is 0.0725. The van der Waals surface area contributed by atoms with Gasteiger partial charge in [-0.15, -0.1) is 0 Å². The number of aliphatic hydroxyl groups excluding tert-OH is 2. The number of Topliss-reactive ketones (excluding diaryl/α,β-unsaturated/α-hetero) is 1. The first-order valence-corrected chi connectivity index (χ1v) is 23.3. The van der Waals surface area contributed by atoms with E-state index < -0.39 is 108 Å². The van der Waals surface area contributed by atoms with E-state index in [1.54, 1.807) is 30.3 Å². The minimum atomic E-state index is -1.65. The Morgan fingerprint density at radius 2 is 1.75 bits per heavy atom. The van der Waals surface area contributed by atoms with Gasteiger partial charge in [-0.1, -0.05) is 59.2 Å². The van der Waals surface area contributed by atoms with Crippen LogP contribution in [0.25, 0.3) is 0 Å². The van der Waals surface area contributed by atoms with Crippen molar-refractivity contribution in [3.8, 4) is 0 Å². The van der Waals surface area contributed by atoms with Gasteiger partial charge in [-0.25, -0.2) is 18.8 Å². The molecule has 5 amide bonds. The zero-order valence-electron chi connectivity index (χ0n) is 38.8. The molecule has 5 aliphatic rings. The van der Waals surface area contributed by atoms with Crippen molar-refractivity contribution in [3.63, 3.8) is 0 Å². The Morgan fingerprint density at radius 1 is 1.01 bits per heavy atom. The summed E-state index contributed by atoms with van der Waals surface area (Å²) in [5.74, 6) is -4.29. The summed E-state index contributed by atoms with van der Waals surface area (Å²) < 4.78 is 40.1. The van der Waals surface area contributed by atoms with E-state index in [1.807, 2.05) is 34.6 Å². The molecule has 0 spiro atoms. The minimum absolute atomic E-state index is 0.0478. The van der Waals surface area contributed by atoms with E-state index in [2.05, 4.69) is 21.3 Å². The highest BCUT2D eigenvalue weighted by Crippen LogP contribution is 2.70. The normalized spacial score (nSPS) is 31.2. The summed E-state index contributed by atoms with van der Waals surface area (Å²) in [4.78, 5) is 90.1. The number of urea groups is 1. The molecule has 1 heterocycles. The number of nitrogens with one attached hydrogen (secondary N) is 4. The van der Waals surface area contributed by atoms with Crippen molar-refractivity contribution >= 4 is 47.2 Å². The lowest BCUT2D eigenvalue weighted by Crippen LogP contribution is -2.64.